The highest BCUT2D eigenvalue weighted by atomic mass is 32.1. The zero-order chi connectivity index (χ0) is 13.1. The summed E-state index contributed by atoms with van der Waals surface area (Å²) in [6.45, 7) is 11.2. The van der Waals surface area contributed by atoms with Crippen LogP contribution in [0.1, 0.15) is 51.7 Å². The molecule has 17 heavy (non-hydrogen) atoms. The number of hydrogen-bond donors (Lipinski definition) is 1. The maximum atomic E-state index is 4.76. The first-order valence-corrected chi connectivity index (χ1v) is 7.38. The van der Waals surface area contributed by atoms with Crippen LogP contribution < -0.4 is 5.32 Å². The molecule has 1 aromatic rings. The third kappa shape index (κ3) is 4.07. The Morgan fingerprint density at radius 3 is 2.47 bits per heavy atom. The van der Waals surface area contributed by atoms with Crippen molar-refractivity contribution in [2.24, 2.45) is 5.92 Å². The molecule has 1 N–H and O–H groups in total. The van der Waals surface area contributed by atoms with Crippen LogP contribution in [0.5, 0.6) is 0 Å². The van der Waals surface area contributed by atoms with Crippen molar-refractivity contribution >= 4 is 11.3 Å². The zero-order valence-corrected chi connectivity index (χ0v) is 12.8. The van der Waals surface area contributed by atoms with Gasteiger partial charge in [-0.1, -0.05) is 41.0 Å². The largest absolute Gasteiger partial charge is 0.316 e. The van der Waals surface area contributed by atoms with Crippen molar-refractivity contribution in [1.29, 1.82) is 0 Å². The molecule has 2 nitrogen and oxygen atoms in total. The Kier molecular flexibility index (Phi) is 5.14. The summed E-state index contributed by atoms with van der Waals surface area (Å²) < 4.78 is 0. The smallest absolute Gasteiger partial charge is 0.0944 e. The summed E-state index contributed by atoms with van der Waals surface area (Å²) in [5, 5.41) is 6.88. The topological polar surface area (TPSA) is 24.9 Å². The summed E-state index contributed by atoms with van der Waals surface area (Å²) in [6, 6.07) is 0.541. The minimum absolute atomic E-state index is 0.167. The number of aromatic nitrogens is 1. The van der Waals surface area contributed by atoms with Crippen LogP contribution in [-0.2, 0) is 11.8 Å². The summed E-state index contributed by atoms with van der Waals surface area (Å²) in [5.41, 5.74) is 1.39. The SMILES string of the molecule is CCC(C)C(Cc1nc(C(C)(C)C)cs1)NC. The van der Waals surface area contributed by atoms with Gasteiger partial charge in [-0.3, -0.25) is 0 Å². The monoisotopic (exact) mass is 254 g/mol. The Bertz CT molecular complexity index is 338. The molecule has 0 aliphatic carbocycles. The molecule has 0 amide bonds. The van der Waals surface area contributed by atoms with E-state index in [9.17, 15) is 0 Å². The molecule has 1 aromatic heterocycles. The van der Waals surface area contributed by atoms with Gasteiger partial charge in [0.05, 0.1) is 10.7 Å². The number of hydrogen-bond acceptors (Lipinski definition) is 3. The quantitative estimate of drug-likeness (QED) is 0.868. The van der Waals surface area contributed by atoms with E-state index in [0.29, 0.717) is 12.0 Å². The van der Waals surface area contributed by atoms with E-state index >= 15 is 0 Å². The summed E-state index contributed by atoms with van der Waals surface area (Å²) in [5.74, 6) is 0.696. The second-order valence-electron chi connectivity index (χ2n) is 5.86. The Hall–Kier alpha value is -0.410. The van der Waals surface area contributed by atoms with Gasteiger partial charge in [-0.2, -0.15) is 0 Å². The van der Waals surface area contributed by atoms with E-state index in [-0.39, 0.29) is 5.41 Å². The first-order chi connectivity index (χ1) is 7.88. The van der Waals surface area contributed by atoms with Crippen molar-refractivity contribution in [3.63, 3.8) is 0 Å². The molecule has 0 fully saturated rings. The fourth-order valence-corrected chi connectivity index (χ4v) is 2.89. The maximum Gasteiger partial charge on any atom is 0.0944 e. The highest BCUT2D eigenvalue weighted by Crippen LogP contribution is 2.25. The molecule has 3 heteroatoms. The number of rotatable bonds is 5. The summed E-state index contributed by atoms with van der Waals surface area (Å²) in [4.78, 5) is 4.76. The van der Waals surface area contributed by atoms with Crippen LogP contribution >= 0.6 is 11.3 Å². The highest BCUT2D eigenvalue weighted by molar-refractivity contribution is 7.09. The number of likely N-dealkylation sites (N-methyl/N-ethyl adjacent to an activating group) is 1. The highest BCUT2D eigenvalue weighted by Gasteiger charge is 2.20. The van der Waals surface area contributed by atoms with Gasteiger partial charge in [-0.25, -0.2) is 4.98 Å². The van der Waals surface area contributed by atoms with Gasteiger partial charge in [0.1, 0.15) is 0 Å². The van der Waals surface area contributed by atoms with E-state index in [1.807, 2.05) is 0 Å². The van der Waals surface area contributed by atoms with Crippen molar-refractivity contribution in [3.05, 3.63) is 16.1 Å². The first-order valence-electron chi connectivity index (χ1n) is 6.50. The van der Waals surface area contributed by atoms with Gasteiger partial charge in [0.2, 0.25) is 0 Å². The van der Waals surface area contributed by atoms with Gasteiger partial charge < -0.3 is 5.32 Å². The molecule has 1 rings (SSSR count). The van der Waals surface area contributed by atoms with Gasteiger partial charge in [0.25, 0.3) is 0 Å². The minimum atomic E-state index is 0.167. The maximum absolute atomic E-state index is 4.76. The summed E-state index contributed by atoms with van der Waals surface area (Å²) >= 11 is 1.80. The van der Waals surface area contributed by atoms with Gasteiger partial charge in [0, 0.05) is 23.3 Å². The molecular formula is C14H26N2S. The standard InChI is InChI=1S/C14H26N2S/c1-7-10(2)11(15-6)8-13-16-12(9-17-13)14(3,4)5/h9-11,15H,7-8H2,1-6H3. The molecule has 1 heterocycles. The second-order valence-corrected chi connectivity index (χ2v) is 6.80. The lowest BCUT2D eigenvalue weighted by atomic mass is 9.93. The number of thiazole rings is 1. The van der Waals surface area contributed by atoms with Crippen molar-refractivity contribution in [1.82, 2.24) is 10.3 Å². The van der Waals surface area contributed by atoms with Crippen LogP contribution in [0.3, 0.4) is 0 Å². The van der Waals surface area contributed by atoms with Gasteiger partial charge >= 0.3 is 0 Å². The van der Waals surface area contributed by atoms with E-state index < -0.39 is 0 Å². The van der Waals surface area contributed by atoms with Crippen LogP contribution in [0.4, 0.5) is 0 Å². The molecule has 0 saturated carbocycles. The predicted octanol–water partition coefficient (Wildman–Crippen LogP) is 3.62. The molecule has 2 atom stereocenters. The van der Waals surface area contributed by atoms with E-state index in [0.717, 1.165) is 6.42 Å². The Balaban J connectivity index is 2.71. The van der Waals surface area contributed by atoms with E-state index in [4.69, 9.17) is 4.98 Å². The van der Waals surface area contributed by atoms with Gasteiger partial charge in [0.15, 0.2) is 0 Å². The van der Waals surface area contributed by atoms with Crippen LogP contribution in [-0.4, -0.2) is 18.1 Å². The average Bonchev–Trinajstić information content (AvgIpc) is 2.73. The van der Waals surface area contributed by atoms with Crippen molar-refractivity contribution in [2.45, 2.75) is 58.9 Å². The Morgan fingerprint density at radius 2 is 2.06 bits per heavy atom. The van der Waals surface area contributed by atoms with Gasteiger partial charge in [-0.15, -0.1) is 11.3 Å². The number of nitrogens with one attached hydrogen (secondary N) is 1. The lowest BCUT2D eigenvalue weighted by Crippen LogP contribution is -2.33. The van der Waals surface area contributed by atoms with Gasteiger partial charge in [-0.05, 0) is 13.0 Å². The third-order valence-electron chi connectivity index (χ3n) is 3.42. The Labute approximate surface area is 110 Å². The normalized spacial score (nSPS) is 15.9. The molecule has 0 bridgehead atoms. The lowest BCUT2D eigenvalue weighted by molar-refractivity contribution is 0.385. The van der Waals surface area contributed by atoms with E-state index in [2.05, 4.69) is 52.4 Å². The lowest BCUT2D eigenvalue weighted by Gasteiger charge is -2.21. The first kappa shape index (κ1) is 14.7. The molecule has 0 saturated heterocycles. The van der Waals surface area contributed by atoms with Crippen molar-refractivity contribution in [2.75, 3.05) is 7.05 Å². The molecule has 0 aromatic carbocycles. The minimum Gasteiger partial charge on any atom is -0.316 e. The summed E-state index contributed by atoms with van der Waals surface area (Å²) in [6.07, 6.45) is 2.26. The van der Waals surface area contributed by atoms with E-state index in [1.54, 1.807) is 11.3 Å². The third-order valence-corrected chi connectivity index (χ3v) is 4.29. The van der Waals surface area contributed by atoms with Crippen molar-refractivity contribution < 1.29 is 0 Å². The second kappa shape index (κ2) is 5.96. The van der Waals surface area contributed by atoms with Crippen LogP contribution in [0.25, 0.3) is 0 Å². The molecule has 0 aliphatic rings. The molecule has 0 aliphatic heterocycles. The Morgan fingerprint density at radius 1 is 1.41 bits per heavy atom. The molecule has 0 radical (unpaired) electrons. The summed E-state index contributed by atoms with van der Waals surface area (Å²) in [7, 11) is 2.05. The number of nitrogens with zero attached hydrogens (tertiary/aromatic N) is 1. The van der Waals surface area contributed by atoms with Crippen LogP contribution in [0, 0.1) is 5.92 Å². The fourth-order valence-electron chi connectivity index (χ4n) is 1.81. The fraction of sp³-hybridized carbons (Fsp3) is 0.786. The van der Waals surface area contributed by atoms with E-state index in [1.165, 1.54) is 17.1 Å². The van der Waals surface area contributed by atoms with Crippen LogP contribution in [0.15, 0.2) is 5.38 Å². The molecule has 98 valence electrons. The molecular weight excluding hydrogens is 228 g/mol. The van der Waals surface area contributed by atoms with Crippen LogP contribution in [0.2, 0.25) is 0 Å². The molecule has 0 spiro atoms. The zero-order valence-electron chi connectivity index (χ0n) is 12.0. The predicted molar refractivity (Wildman–Crippen MR) is 76.8 cm³/mol. The molecule has 2 unspecified atom stereocenters. The van der Waals surface area contributed by atoms with Crippen molar-refractivity contribution in [3.8, 4) is 0 Å². The average molecular weight is 254 g/mol.